The summed E-state index contributed by atoms with van der Waals surface area (Å²) in [7, 11) is 6.96. The second-order valence-electron chi connectivity index (χ2n) is 14.2. The molecule has 0 radical (unpaired) electrons. The predicted octanol–water partition coefficient (Wildman–Crippen LogP) is 6.73. The molecule has 0 saturated carbocycles. The van der Waals surface area contributed by atoms with Crippen molar-refractivity contribution in [3.63, 3.8) is 0 Å². The van der Waals surface area contributed by atoms with Gasteiger partial charge in [-0.2, -0.15) is 10.5 Å². The molecule has 12 heteroatoms. The molecule has 0 spiro atoms. The van der Waals surface area contributed by atoms with Gasteiger partial charge in [-0.15, -0.1) is 0 Å². The Balaban J connectivity index is 1.30. The highest BCUT2D eigenvalue weighted by Crippen LogP contribution is 2.32. The molecule has 0 heterocycles. The molecule has 0 unspecified atom stereocenters. The van der Waals surface area contributed by atoms with E-state index in [0.29, 0.717) is 71.9 Å². The maximum absolute atomic E-state index is 13.5. The first-order valence-corrected chi connectivity index (χ1v) is 18.3. The number of nitrogens with zero attached hydrogens (tertiary/aromatic N) is 4. The van der Waals surface area contributed by atoms with Gasteiger partial charge in [-0.25, -0.2) is 8.78 Å². The van der Waals surface area contributed by atoms with Crippen molar-refractivity contribution in [3.05, 3.63) is 141 Å². The van der Waals surface area contributed by atoms with Gasteiger partial charge in [-0.3, -0.25) is 19.4 Å². The van der Waals surface area contributed by atoms with Crippen LogP contribution in [0.2, 0.25) is 0 Å². The molecule has 4 rings (SSSR count). The molecule has 0 aromatic heterocycles. The van der Waals surface area contributed by atoms with Crippen molar-refractivity contribution in [2.45, 2.75) is 76.0 Å². The molecule has 0 aliphatic carbocycles. The minimum atomic E-state index is -1.34. The van der Waals surface area contributed by atoms with Gasteiger partial charge in [0.1, 0.15) is 36.3 Å². The molecule has 56 heavy (non-hydrogen) atoms. The standard InChI is InChI=1S/C44H48F2N4O6/c1-49(2)43(53,37-13-17-39(45)18-14-37)23-5-7-33-11-9-31(27-47)25-35(33)29-55-41(51)21-22-42(52)56-30-36-26-32(28-48)10-12-34(36)8-6-24-44(54,50(3)4)38-15-19-40(46)20-16-38/h9-20,25-26,53-54H,5-8,21-24,29-30H2,1-4H3/t43-,44-/m0/s1. The lowest BCUT2D eigenvalue weighted by Crippen LogP contribution is -2.41. The Labute approximate surface area is 327 Å². The third-order valence-corrected chi connectivity index (χ3v) is 10.0. The predicted molar refractivity (Wildman–Crippen MR) is 205 cm³/mol. The molecule has 294 valence electrons. The van der Waals surface area contributed by atoms with Crippen molar-refractivity contribution in [3.8, 4) is 12.1 Å². The van der Waals surface area contributed by atoms with Crippen LogP contribution in [0, 0.1) is 34.3 Å². The van der Waals surface area contributed by atoms with Gasteiger partial charge in [0.25, 0.3) is 0 Å². The van der Waals surface area contributed by atoms with Crippen LogP contribution in [0.1, 0.15) is 83.0 Å². The van der Waals surface area contributed by atoms with Crippen LogP contribution in [0.25, 0.3) is 0 Å². The Morgan fingerprint density at radius 2 is 0.964 bits per heavy atom. The first-order valence-electron chi connectivity index (χ1n) is 18.3. The molecule has 2 atom stereocenters. The van der Waals surface area contributed by atoms with Crippen molar-refractivity contribution in [2.75, 3.05) is 28.2 Å². The van der Waals surface area contributed by atoms with Crippen molar-refractivity contribution in [1.29, 1.82) is 10.5 Å². The normalized spacial score (nSPS) is 13.4. The third kappa shape index (κ3) is 11.5. The fourth-order valence-electron chi connectivity index (χ4n) is 6.55. The number of aryl methyl sites for hydroxylation is 2. The monoisotopic (exact) mass is 766 g/mol. The molecule has 4 aromatic carbocycles. The summed E-state index contributed by atoms with van der Waals surface area (Å²) in [6, 6.07) is 25.8. The van der Waals surface area contributed by atoms with E-state index in [-0.39, 0.29) is 26.1 Å². The Morgan fingerprint density at radius 1 is 0.607 bits per heavy atom. The van der Waals surface area contributed by atoms with E-state index < -0.39 is 35.0 Å². The smallest absolute Gasteiger partial charge is 0.306 e. The maximum Gasteiger partial charge on any atom is 0.306 e. The summed E-state index contributed by atoms with van der Waals surface area (Å²) in [4.78, 5) is 28.8. The third-order valence-electron chi connectivity index (χ3n) is 10.0. The summed E-state index contributed by atoms with van der Waals surface area (Å²) < 4.78 is 38.1. The van der Waals surface area contributed by atoms with Gasteiger partial charge in [0.2, 0.25) is 0 Å². The molecule has 10 nitrogen and oxygen atoms in total. The van der Waals surface area contributed by atoms with E-state index in [0.717, 1.165) is 11.1 Å². The first kappa shape index (κ1) is 43.2. The Morgan fingerprint density at radius 3 is 1.29 bits per heavy atom. The van der Waals surface area contributed by atoms with E-state index in [9.17, 15) is 39.1 Å². The molecular formula is C44H48F2N4O6. The number of esters is 2. The van der Waals surface area contributed by atoms with Gasteiger partial charge < -0.3 is 19.7 Å². The van der Waals surface area contributed by atoms with Crippen LogP contribution in [-0.4, -0.2) is 60.1 Å². The van der Waals surface area contributed by atoms with Gasteiger partial charge in [0.05, 0.1) is 36.1 Å². The summed E-state index contributed by atoms with van der Waals surface area (Å²) in [6.45, 7) is -0.244. The first-order chi connectivity index (χ1) is 26.7. The summed E-state index contributed by atoms with van der Waals surface area (Å²) in [5, 5.41) is 41.8. The largest absolute Gasteiger partial charge is 0.461 e. The van der Waals surface area contributed by atoms with Crippen LogP contribution in [0.15, 0.2) is 84.9 Å². The van der Waals surface area contributed by atoms with E-state index in [1.54, 1.807) is 98.7 Å². The zero-order valence-electron chi connectivity index (χ0n) is 32.2. The number of hydrogen-bond donors (Lipinski definition) is 2. The molecule has 0 fully saturated rings. The quantitative estimate of drug-likeness (QED) is 0.0778. The SMILES string of the molecule is CN(C)[C@](O)(CCCc1ccc(C#N)cc1COC(=O)CCC(=O)OCc1cc(C#N)ccc1CCC[C@](O)(c1ccc(F)cc1)N(C)C)c1ccc(F)cc1. The molecule has 0 aliphatic rings. The zero-order chi connectivity index (χ0) is 40.9. The summed E-state index contributed by atoms with van der Waals surface area (Å²) in [5.41, 5.74) is 2.12. The van der Waals surface area contributed by atoms with E-state index >= 15 is 0 Å². The molecule has 2 N–H and O–H groups in total. The van der Waals surface area contributed by atoms with Crippen LogP contribution in [0.5, 0.6) is 0 Å². The van der Waals surface area contributed by atoms with Crippen LogP contribution >= 0.6 is 0 Å². The average molecular weight is 767 g/mol. The fraction of sp³-hybridized carbons (Fsp3) is 0.364. The molecular weight excluding hydrogens is 719 g/mol. The minimum absolute atomic E-state index is 0.122. The number of halogens is 2. The highest BCUT2D eigenvalue weighted by Gasteiger charge is 2.32. The number of carbonyl (C=O) groups excluding carboxylic acids is 2. The maximum atomic E-state index is 13.5. The number of aliphatic hydroxyl groups is 2. The van der Waals surface area contributed by atoms with Crippen molar-refractivity contribution >= 4 is 11.9 Å². The van der Waals surface area contributed by atoms with Gasteiger partial charge in [0, 0.05) is 0 Å². The van der Waals surface area contributed by atoms with Crippen molar-refractivity contribution in [1.82, 2.24) is 9.80 Å². The minimum Gasteiger partial charge on any atom is -0.461 e. The van der Waals surface area contributed by atoms with Gasteiger partial charge in [-0.05, 0) is 149 Å². The van der Waals surface area contributed by atoms with Crippen LogP contribution < -0.4 is 0 Å². The number of carbonyl (C=O) groups is 2. The van der Waals surface area contributed by atoms with Crippen LogP contribution in [-0.2, 0) is 56.6 Å². The summed E-state index contributed by atoms with van der Waals surface area (Å²) in [5.74, 6) is -2.06. The number of benzene rings is 4. The summed E-state index contributed by atoms with van der Waals surface area (Å²) in [6.07, 6.45) is 2.23. The number of rotatable bonds is 19. The van der Waals surface area contributed by atoms with Gasteiger partial charge in [-0.1, -0.05) is 36.4 Å². The highest BCUT2D eigenvalue weighted by atomic mass is 19.1. The van der Waals surface area contributed by atoms with Crippen LogP contribution in [0.4, 0.5) is 8.78 Å². The van der Waals surface area contributed by atoms with Crippen molar-refractivity contribution < 1.29 is 38.1 Å². The second kappa shape index (κ2) is 19.9. The van der Waals surface area contributed by atoms with Crippen molar-refractivity contribution in [2.24, 2.45) is 0 Å². The lowest BCUT2D eigenvalue weighted by atomic mass is 9.93. The van der Waals surface area contributed by atoms with E-state index in [2.05, 4.69) is 12.1 Å². The van der Waals surface area contributed by atoms with E-state index in [1.807, 2.05) is 0 Å². The molecule has 0 saturated heterocycles. The Bertz CT molecular complexity index is 1900. The van der Waals surface area contributed by atoms with Gasteiger partial charge >= 0.3 is 11.9 Å². The fourth-order valence-corrected chi connectivity index (χ4v) is 6.55. The van der Waals surface area contributed by atoms with E-state index in [4.69, 9.17) is 9.47 Å². The lowest BCUT2D eigenvalue weighted by molar-refractivity contribution is -0.151. The summed E-state index contributed by atoms with van der Waals surface area (Å²) >= 11 is 0. The van der Waals surface area contributed by atoms with Gasteiger partial charge in [0.15, 0.2) is 0 Å². The number of ether oxygens (including phenoxy) is 2. The molecule has 0 aliphatic heterocycles. The lowest BCUT2D eigenvalue weighted by Gasteiger charge is -2.35. The van der Waals surface area contributed by atoms with E-state index in [1.165, 1.54) is 24.3 Å². The topological polar surface area (TPSA) is 147 Å². The Kier molecular flexibility index (Phi) is 15.4. The molecule has 4 aromatic rings. The number of nitriles is 2. The second-order valence-corrected chi connectivity index (χ2v) is 14.2. The van der Waals surface area contributed by atoms with Crippen LogP contribution in [0.3, 0.4) is 0 Å². The molecule has 0 amide bonds. The molecule has 0 bridgehead atoms. The average Bonchev–Trinajstić information content (AvgIpc) is 3.19. The Hall–Kier alpha value is -5.50. The number of hydrogen-bond acceptors (Lipinski definition) is 10. The highest BCUT2D eigenvalue weighted by molar-refractivity contribution is 5.77. The zero-order valence-corrected chi connectivity index (χ0v) is 32.2.